The van der Waals surface area contributed by atoms with E-state index >= 15 is 0 Å². The minimum absolute atomic E-state index is 0.0798. The van der Waals surface area contributed by atoms with Crippen molar-refractivity contribution in [3.8, 4) is 0 Å². The van der Waals surface area contributed by atoms with Gasteiger partial charge in [0.1, 0.15) is 5.82 Å². The van der Waals surface area contributed by atoms with Gasteiger partial charge in [-0.15, -0.1) is 0 Å². The summed E-state index contributed by atoms with van der Waals surface area (Å²) in [6.45, 7) is 1.88. The van der Waals surface area contributed by atoms with Crippen molar-refractivity contribution in [2.45, 2.75) is 12.5 Å². The Morgan fingerprint density at radius 2 is 2.29 bits per heavy atom. The number of rotatable bonds is 3. The first-order valence-electron chi connectivity index (χ1n) is 5.94. The number of halogens is 2. The summed E-state index contributed by atoms with van der Waals surface area (Å²) in [6, 6.07) is 4.99. The fourth-order valence-corrected chi connectivity index (χ4v) is 3.03. The summed E-state index contributed by atoms with van der Waals surface area (Å²) in [7, 11) is 3.96. The lowest BCUT2D eigenvalue weighted by Crippen LogP contribution is -2.27. The standard InChI is InChI=1S/C13H18ClFN2/c1-16-8-9-6-7-17(2)13(9)12-10(14)4-3-5-11(12)15/h3-5,9,13,16H,6-8H2,1-2H3. The van der Waals surface area contributed by atoms with E-state index in [2.05, 4.69) is 10.2 Å². The predicted molar refractivity (Wildman–Crippen MR) is 68.8 cm³/mol. The van der Waals surface area contributed by atoms with E-state index < -0.39 is 0 Å². The summed E-state index contributed by atoms with van der Waals surface area (Å²) < 4.78 is 14.0. The van der Waals surface area contributed by atoms with Crippen molar-refractivity contribution in [2.75, 3.05) is 27.2 Å². The van der Waals surface area contributed by atoms with Crippen molar-refractivity contribution < 1.29 is 4.39 Å². The van der Waals surface area contributed by atoms with E-state index in [4.69, 9.17) is 11.6 Å². The minimum atomic E-state index is -0.197. The molecular formula is C13H18ClFN2. The van der Waals surface area contributed by atoms with Gasteiger partial charge in [-0.25, -0.2) is 4.39 Å². The van der Waals surface area contributed by atoms with E-state index in [1.165, 1.54) is 6.07 Å². The lowest BCUT2D eigenvalue weighted by molar-refractivity contribution is 0.267. The molecule has 0 radical (unpaired) electrons. The van der Waals surface area contributed by atoms with Gasteiger partial charge in [0.2, 0.25) is 0 Å². The highest BCUT2D eigenvalue weighted by molar-refractivity contribution is 6.31. The molecule has 1 fully saturated rings. The van der Waals surface area contributed by atoms with Gasteiger partial charge < -0.3 is 5.32 Å². The average Bonchev–Trinajstić information content (AvgIpc) is 2.62. The van der Waals surface area contributed by atoms with Gasteiger partial charge in [0, 0.05) is 16.6 Å². The van der Waals surface area contributed by atoms with Gasteiger partial charge in [-0.1, -0.05) is 17.7 Å². The molecule has 94 valence electrons. The molecule has 0 amide bonds. The summed E-state index contributed by atoms with van der Waals surface area (Å²) in [4.78, 5) is 2.19. The Morgan fingerprint density at radius 1 is 1.53 bits per heavy atom. The summed E-state index contributed by atoms with van der Waals surface area (Å²) in [5, 5.41) is 3.71. The van der Waals surface area contributed by atoms with Gasteiger partial charge in [0.25, 0.3) is 0 Å². The van der Waals surface area contributed by atoms with Gasteiger partial charge in [0.15, 0.2) is 0 Å². The Bertz CT molecular complexity index is 375. The molecule has 1 aliphatic heterocycles. The third-order valence-electron chi connectivity index (χ3n) is 3.54. The molecule has 0 saturated carbocycles. The quantitative estimate of drug-likeness (QED) is 0.895. The molecule has 1 heterocycles. The molecule has 4 heteroatoms. The largest absolute Gasteiger partial charge is 0.319 e. The van der Waals surface area contributed by atoms with Crippen molar-refractivity contribution >= 4 is 11.6 Å². The first-order valence-corrected chi connectivity index (χ1v) is 6.31. The Labute approximate surface area is 107 Å². The third-order valence-corrected chi connectivity index (χ3v) is 3.87. The number of hydrogen-bond acceptors (Lipinski definition) is 2. The van der Waals surface area contributed by atoms with Crippen molar-refractivity contribution in [1.29, 1.82) is 0 Å². The van der Waals surface area contributed by atoms with Crippen LogP contribution in [0.4, 0.5) is 4.39 Å². The summed E-state index contributed by atoms with van der Waals surface area (Å²) in [5.41, 5.74) is 0.648. The first kappa shape index (κ1) is 12.8. The van der Waals surface area contributed by atoms with Crippen LogP contribution in [-0.4, -0.2) is 32.1 Å². The molecule has 1 aliphatic rings. The maximum absolute atomic E-state index is 14.0. The molecule has 0 spiro atoms. The lowest BCUT2D eigenvalue weighted by atomic mass is 9.93. The summed E-state index contributed by atoms with van der Waals surface area (Å²) in [6.07, 6.45) is 1.08. The number of benzene rings is 1. The van der Waals surface area contributed by atoms with Crippen LogP contribution in [0.15, 0.2) is 18.2 Å². The number of hydrogen-bond donors (Lipinski definition) is 1. The molecule has 17 heavy (non-hydrogen) atoms. The zero-order valence-corrected chi connectivity index (χ0v) is 11.0. The molecule has 2 unspecified atom stereocenters. The summed E-state index contributed by atoms with van der Waals surface area (Å²) in [5.74, 6) is 0.219. The van der Waals surface area contributed by atoms with E-state index in [0.29, 0.717) is 16.5 Å². The van der Waals surface area contributed by atoms with Crippen LogP contribution in [-0.2, 0) is 0 Å². The van der Waals surface area contributed by atoms with Crippen molar-refractivity contribution in [3.63, 3.8) is 0 Å². The van der Waals surface area contributed by atoms with Crippen LogP contribution < -0.4 is 5.32 Å². The fourth-order valence-electron chi connectivity index (χ4n) is 2.75. The summed E-state index contributed by atoms with van der Waals surface area (Å²) >= 11 is 6.15. The first-order chi connectivity index (χ1) is 8.15. The maximum atomic E-state index is 14.0. The van der Waals surface area contributed by atoms with E-state index in [1.807, 2.05) is 14.1 Å². The Balaban J connectivity index is 2.36. The van der Waals surface area contributed by atoms with Crippen LogP contribution >= 0.6 is 11.6 Å². The van der Waals surface area contributed by atoms with Crippen LogP contribution in [0.1, 0.15) is 18.0 Å². The number of nitrogens with one attached hydrogen (secondary N) is 1. The third kappa shape index (κ3) is 2.46. The molecule has 2 nitrogen and oxygen atoms in total. The topological polar surface area (TPSA) is 15.3 Å². The van der Waals surface area contributed by atoms with Crippen molar-refractivity contribution in [1.82, 2.24) is 10.2 Å². The minimum Gasteiger partial charge on any atom is -0.319 e. The van der Waals surface area contributed by atoms with Crippen molar-refractivity contribution in [2.24, 2.45) is 5.92 Å². The molecular weight excluding hydrogens is 239 g/mol. The average molecular weight is 257 g/mol. The highest BCUT2D eigenvalue weighted by Crippen LogP contribution is 2.39. The van der Waals surface area contributed by atoms with Gasteiger partial charge in [-0.3, -0.25) is 4.90 Å². The maximum Gasteiger partial charge on any atom is 0.129 e. The van der Waals surface area contributed by atoms with Crippen LogP contribution in [0.2, 0.25) is 5.02 Å². The monoisotopic (exact) mass is 256 g/mol. The molecule has 0 aliphatic carbocycles. The van der Waals surface area contributed by atoms with Gasteiger partial charge in [-0.2, -0.15) is 0 Å². The Kier molecular flexibility index (Phi) is 4.02. The van der Waals surface area contributed by atoms with E-state index in [-0.39, 0.29) is 11.9 Å². The smallest absolute Gasteiger partial charge is 0.129 e. The molecule has 1 aromatic rings. The molecule has 2 atom stereocenters. The van der Waals surface area contributed by atoms with Crippen LogP contribution in [0.25, 0.3) is 0 Å². The second-order valence-electron chi connectivity index (χ2n) is 4.67. The second-order valence-corrected chi connectivity index (χ2v) is 5.07. The molecule has 1 saturated heterocycles. The van der Waals surface area contributed by atoms with Crippen molar-refractivity contribution in [3.05, 3.63) is 34.6 Å². The normalized spacial score (nSPS) is 25.4. The number of likely N-dealkylation sites (tertiary alicyclic amines) is 1. The van der Waals surface area contributed by atoms with E-state index in [9.17, 15) is 4.39 Å². The Morgan fingerprint density at radius 3 is 2.94 bits per heavy atom. The van der Waals surface area contributed by atoms with E-state index in [1.54, 1.807) is 12.1 Å². The van der Waals surface area contributed by atoms with Gasteiger partial charge in [0.05, 0.1) is 0 Å². The zero-order valence-electron chi connectivity index (χ0n) is 10.2. The highest BCUT2D eigenvalue weighted by atomic mass is 35.5. The molecule has 2 rings (SSSR count). The van der Waals surface area contributed by atoms with Gasteiger partial charge >= 0.3 is 0 Å². The zero-order chi connectivity index (χ0) is 12.4. The van der Waals surface area contributed by atoms with Crippen LogP contribution in [0, 0.1) is 11.7 Å². The van der Waals surface area contributed by atoms with Crippen LogP contribution in [0.3, 0.4) is 0 Å². The van der Waals surface area contributed by atoms with Crippen LogP contribution in [0.5, 0.6) is 0 Å². The molecule has 0 aromatic heterocycles. The van der Waals surface area contributed by atoms with Gasteiger partial charge in [-0.05, 0) is 51.7 Å². The fraction of sp³-hybridized carbons (Fsp3) is 0.538. The molecule has 0 bridgehead atoms. The predicted octanol–water partition coefficient (Wildman–Crippen LogP) is 2.69. The lowest BCUT2D eigenvalue weighted by Gasteiger charge is -2.26. The SMILES string of the molecule is CNCC1CCN(C)C1c1c(F)cccc1Cl. The Hall–Kier alpha value is -0.640. The molecule has 1 aromatic carbocycles. The van der Waals surface area contributed by atoms with E-state index in [0.717, 1.165) is 19.5 Å². The molecule has 1 N–H and O–H groups in total. The number of nitrogens with zero attached hydrogens (tertiary/aromatic N) is 1. The highest BCUT2D eigenvalue weighted by Gasteiger charge is 2.35. The second kappa shape index (κ2) is 5.34.